The fraction of sp³-hybridized carbons (Fsp3) is 0.929. The zero-order valence-corrected chi connectivity index (χ0v) is 13.6. The second kappa shape index (κ2) is 7.46. The molecule has 0 aromatic carbocycles. The van der Waals surface area contributed by atoms with Crippen LogP contribution in [0.4, 0.5) is 0 Å². The molecule has 114 valence electrons. The number of ether oxygens (including phenoxy) is 1. The van der Waals surface area contributed by atoms with Gasteiger partial charge in [0.05, 0.1) is 12.1 Å². The molecule has 1 rings (SSSR count). The molecule has 0 aliphatic heterocycles. The van der Waals surface area contributed by atoms with Crippen LogP contribution in [0.2, 0.25) is 0 Å². The standard InChI is InChI=1S/C14H28N2O2.ClH/c1-6-8-16(13(17)10(3)15)11-9-12(18-7-2)14(11,4)5;/h10-12H,6-9,15H2,1-5H3;1H/t10-,11?,12?;/m0./s1. The molecule has 5 heteroatoms. The highest BCUT2D eigenvalue weighted by Gasteiger charge is 2.52. The van der Waals surface area contributed by atoms with Gasteiger partial charge in [0.1, 0.15) is 0 Å². The second-order valence-electron chi connectivity index (χ2n) is 5.84. The van der Waals surface area contributed by atoms with E-state index in [-0.39, 0.29) is 35.9 Å². The van der Waals surface area contributed by atoms with Gasteiger partial charge in [0.25, 0.3) is 0 Å². The third-order valence-electron chi connectivity index (χ3n) is 4.01. The summed E-state index contributed by atoms with van der Waals surface area (Å²) in [5.41, 5.74) is 5.77. The molecular weight excluding hydrogens is 264 g/mol. The summed E-state index contributed by atoms with van der Waals surface area (Å²) in [5.74, 6) is 0.0601. The van der Waals surface area contributed by atoms with Crippen molar-refractivity contribution in [1.29, 1.82) is 0 Å². The lowest BCUT2D eigenvalue weighted by atomic mass is 9.63. The average Bonchev–Trinajstić information content (AvgIpc) is 2.31. The average molecular weight is 293 g/mol. The van der Waals surface area contributed by atoms with Gasteiger partial charge in [-0.15, -0.1) is 12.4 Å². The first-order chi connectivity index (χ1) is 8.36. The van der Waals surface area contributed by atoms with Gasteiger partial charge >= 0.3 is 0 Å². The number of hydrogen-bond donors (Lipinski definition) is 1. The van der Waals surface area contributed by atoms with E-state index in [2.05, 4.69) is 20.8 Å². The molecule has 0 saturated heterocycles. The Morgan fingerprint density at radius 2 is 2.05 bits per heavy atom. The molecule has 0 aromatic heterocycles. The summed E-state index contributed by atoms with van der Waals surface area (Å²) in [4.78, 5) is 14.1. The van der Waals surface area contributed by atoms with Crippen LogP contribution in [0.25, 0.3) is 0 Å². The fourth-order valence-corrected chi connectivity index (χ4v) is 2.80. The van der Waals surface area contributed by atoms with Crippen molar-refractivity contribution in [3.8, 4) is 0 Å². The van der Waals surface area contributed by atoms with Gasteiger partial charge in [-0.05, 0) is 26.7 Å². The quantitative estimate of drug-likeness (QED) is 0.816. The topological polar surface area (TPSA) is 55.6 Å². The summed E-state index contributed by atoms with van der Waals surface area (Å²) < 4.78 is 5.72. The lowest BCUT2D eigenvalue weighted by Crippen LogP contribution is -2.65. The fourth-order valence-electron chi connectivity index (χ4n) is 2.80. The molecular formula is C14H29ClN2O2. The molecule has 0 bridgehead atoms. The van der Waals surface area contributed by atoms with Crippen molar-refractivity contribution in [2.45, 2.75) is 65.6 Å². The summed E-state index contributed by atoms with van der Waals surface area (Å²) in [5, 5.41) is 0. The van der Waals surface area contributed by atoms with Crippen LogP contribution in [0.15, 0.2) is 0 Å². The maximum Gasteiger partial charge on any atom is 0.239 e. The lowest BCUT2D eigenvalue weighted by Gasteiger charge is -2.56. The second-order valence-corrected chi connectivity index (χ2v) is 5.84. The van der Waals surface area contributed by atoms with Crippen LogP contribution in [0.3, 0.4) is 0 Å². The van der Waals surface area contributed by atoms with Crippen LogP contribution in [0.1, 0.15) is 47.5 Å². The Morgan fingerprint density at radius 3 is 2.42 bits per heavy atom. The van der Waals surface area contributed by atoms with Crippen molar-refractivity contribution in [3.05, 3.63) is 0 Å². The Bertz CT molecular complexity index is 295. The molecule has 0 radical (unpaired) electrons. The largest absolute Gasteiger partial charge is 0.378 e. The molecule has 2 unspecified atom stereocenters. The molecule has 0 spiro atoms. The van der Waals surface area contributed by atoms with Crippen molar-refractivity contribution < 1.29 is 9.53 Å². The summed E-state index contributed by atoms with van der Waals surface area (Å²) in [6, 6.07) is -0.161. The molecule has 19 heavy (non-hydrogen) atoms. The molecule has 4 nitrogen and oxygen atoms in total. The summed E-state index contributed by atoms with van der Waals surface area (Å²) >= 11 is 0. The number of amides is 1. The molecule has 1 amide bonds. The molecule has 2 N–H and O–H groups in total. The Balaban J connectivity index is 0.00000324. The molecule has 1 saturated carbocycles. The highest BCUT2D eigenvalue weighted by Crippen LogP contribution is 2.46. The molecule has 0 heterocycles. The molecule has 1 fully saturated rings. The lowest BCUT2D eigenvalue weighted by molar-refractivity contribution is -0.168. The van der Waals surface area contributed by atoms with E-state index >= 15 is 0 Å². The molecule has 1 aliphatic carbocycles. The monoisotopic (exact) mass is 292 g/mol. The predicted molar refractivity (Wildman–Crippen MR) is 80.5 cm³/mol. The van der Waals surface area contributed by atoms with Crippen LogP contribution in [-0.2, 0) is 9.53 Å². The van der Waals surface area contributed by atoms with Gasteiger partial charge in [-0.2, -0.15) is 0 Å². The number of rotatable bonds is 6. The first-order valence-electron chi connectivity index (χ1n) is 7.03. The van der Waals surface area contributed by atoms with Crippen molar-refractivity contribution in [3.63, 3.8) is 0 Å². The van der Waals surface area contributed by atoms with Crippen molar-refractivity contribution >= 4 is 18.3 Å². The highest BCUT2D eigenvalue weighted by molar-refractivity contribution is 5.85. The van der Waals surface area contributed by atoms with Crippen LogP contribution in [0.5, 0.6) is 0 Å². The predicted octanol–water partition coefficient (Wildman–Crippen LogP) is 2.20. The number of halogens is 1. The maximum absolute atomic E-state index is 12.2. The van der Waals surface area contributed by atoms with E-state index in [4.69, 9.17) is 10.5 Å². The first kappa shape index (κ1) is 18.7. The zero-order chi connectivity index (χ0) is 13.9. The van der Waals surface area contributed by atoms with E-state index in [1.807, 2.05) is 11.8 Å². The smallest absolute Gasteiger partial charge is 0.239 e. The van der Waals surface area contributed by atoms with E-state index in [0.717, 1.165) is 26.0 Å². The number of nitrogens with zero attached hydrogens (tertiary/aromatic N) is 1. The van der Waals surface area contributed by atoms with Gasteiger partial charge in [0.15, 0.2) is 0 Å². The summed E-state index contributed by atoms with van der Waals surface area (Å²) in [6.07, 6.45) is 2.15. The minimum absolute atomic E-state index is 0. The van der Waals surface area contributed by atoms with E-state index in [1.165, 1.54) is 0 Å². The van der Waals surface area contributed by atoms with Crippen LogP contribution >= 0.6 is 12.4 Å². The maximum atomic E-state index is 12.2. The van der Waals surface area contributed by atoms with E-state index in [0.29, 0.717) is 0 Å². The minimum atomic E-state index is -0.418. The SMILES string of the molecule is CCCN(C(=O)[C@H](C)N)C1CC(OCC)C1(C)C.Cl. The van der Waals surface area contributed by atoms with E-state index in [1.54, 1.807) is 6.92 Å². The Hall–Kier alpha value is -0.320. The number of hydrogen-bond acceptors (Lipinski definition) is 3. The number of carbonyl (C=O) groups excluding carboxylic acids is 1. The van der Waals surface area contributed by atoms with Gasteiger partial charge in [0, 0.05) is 24.6 Å². The van der Waals surface area contributed by atoms with Crippen LogP contribution < -0.4 is 5.73 Å². The van der Waals surface area contributed by atoms with E-state index < -0.39 is 6.04 Å². The van der Waals surface area contributed by atoms with Gasteiger partial charge in [-0.25, -0.2) is 0 Å². The van der Waals surface area contributed by atoms with E-state index in [9.17, 15) is 4.79 Å². The third-order valence-corrected chi connectivity index (χ3v) is 4.01. The Morgan fingerprint density at radius 1 is 1.47 bits per heavy atom. The number of carbonyl (C=O) groups is 1. The van der Waals surface area contributed by atoms with Gasteiger partial charge in [-0.3, -0.25) is 4.79 Å². The zero-order valence-electron chi connectivity index (χ0n) is 12.8. The first-order valence-corrected chi connectivity index (χ1v) is 7.03. The van der Waals surface area contributed by atoms with Crippen molar-refractivity contribution in [1.82, 2.24) is 4.90 Å². The van der Waals surface area contributed by atoms with Crippen LogP contribution in [-0.4, -0.2) is 42.1 Å². The third kappa shape index (κ3) is 3.83. The number of nitrogens with two attached hydrogens (primary N) is 1. The van der Waals surface area contributed by atoms with Crippen molar-refractivity contribution in [2.24, 2.45) is 11.1 Å². The van der Waals surface area contributed by atoms with Gasteiger partial charge in [0.2, 0.25) is 5.91 Å². The van der Waals surface area contributed by atoms with Gasteiger partial charge in [-0.1, -0.05) is 20.8 Å². The normalized spacial score (nSPS) is 26.0. The Kier molecular flexibility index (Phi) is 7.33. The van der Waals surface area contributed by atoms with Gasteiger partial charge < -0.3 is 15.4 Å². The molecule has 1 aliphatic rings. The molecule has 3 atom stereocenters. The Labute approximate surface area is 123 Å². The molecule has 0 aromatic rings. The van der Waals surface area contributed by atoms with Crippen molar-refractivity contribution in [2.75, 3.05) is 13.2 Å². The summed E-state index contributed by atoms with van der Waals surface area (Å²) in [6.45, 7) is 11.7. The highest BCUT2D eigenvalue weighted by atomic mass is 35.5. The summed E-state index contributed by atoms with van der Waals surface area (Å²) in [7, 11) is 0. The minimum Gasteiger partial charge on any atom is -0.378 e. The van der Waals surface area contributed by atoms with Crippen LogP contribution in [0, 0.1) is 5.41 Å².